The maximum Gasteiger partial charge on any atom is 0.306 e. The molecular weight excluding hydrogens is 721 g/mol. The second-order valence-electron chi connectivity index (χ2n) is 17.1. The van der Waals surface area contributed by atoms with Crippen molar-refractivity contribution >= 4 is 17.9 Å². The third-order valence-corrected chi connectivity index (χ3v) is 11.2. The average Bonchev–Trinajstić information content (AvgIpc) is 3.22. The Morgan fingerprint density at radius 1 is 0.328 bits per heavy atom. The topological polar surface area (TPSA) is 78.9 Å². The fourth-order valence-corrected chi connectivity index (χ4v) is 7.30. The van der Waals surface area contributed by atoms with E-state index in [1.807, 2.05) is 0 Å². The Morgan fingerprint density at radius 2 is 0.586 bits per heavy atom. The predicted molar refractivity (Wildman–Crippen MR) is 247 cm³/mol. The normalized spacial score (nSPS) is 12.1. The van der Waals surface area contributed by atoms with E-state index < -0.39 is 6.10 Å². The summed E-state index contributed by atoms with van der Waals surface area (Å²) in [7, 11) is 0. The second kappa shape index (κ2) is 47.6. The molecule has 58 heavy (non-hydrogen) atoms. The van der Waals surface area contributed by atoms with Gasteiger partial charge in [0, 0.05) is 19.3 Å². The number of carbonyl (C=O) groups excluding carboxylic acids is 3. The van der Waals surface area contributed by atoms with Crippen molar-refractivity contribution in [3.8, 4) is 0 Å². The van der Waals surface area contributed by atoms with Crippen LogP contribution < -0.4 is 0 Å². The predicted octanol–water partition coefficient (Wildman–Crippen LogP) is 16.4. The molecule has 0 radical (unpaired) electrons. The van der Waals surface area contributed by atoms with Gasteiger partial charge in [0.25, 0.3) is 0 Å². The monoisotopic (exact) mass is 817 g/mol. The number of rotatable bonds is 46. The zero-order valence-corrected chi connectivity index (χ0v) is 38.8. The van der Waals surface area contributed by atoms with E-state index in [1.54, 1.807) is 0 Å². The van der Waals surface area contributed by atoms with Crippen LogP contribution in [0.2, 0.25) is 0 Å². The second-order valence-corrected chi connectivity index (χ2v) is 17.1. The molecule has 0 saturated carbocycles. The number of esters is 3. The SMILES string of the molecule is CCCC/C=C\CCCCCCC(=O)OCC(COC(=O)CCCCCCCCCCCCCCCCCCC)OC(=O)CCCCC/C=C\CCCCCCCC. The van der Waals surface area contributed by atoms with E-state index in [0.29, 0.717) is 19.3 Å². The van der Waals surface area contributed by atoms with Crippen molar-refractivity contribution in [2.24, 2.45) is 0 Å². The molecule has 0 N–H and O–H groups in total. The number of carbonyl (C=O) groups is 3. The molecule has 0 aliphatic rings. The first-order valence-electron chi connectivity index (χ1n) is 25.3. The number of ether oxygens (including phenoxy) is 3. The van der Waals surface area contributed by atoms with Crippen LogP contribution in [0.3, 0.4) is 0 Å². The minimum atomic E-state index is -0.777. The Bertz CT molecular complexity index is 942. The molecule has 0 amide bonds. The van der Waals surface area contributed by atoms with Crippen LogP contribution in [0.5, 0.6) is 0 Å². The largest absolute Gasteiger partial charge is 0.462 e. The Balaban J connectivity index is 4.31. The summed E-state index contributed by atoms with van der Waals surface area (Å²) in [4.78, 5) is 37.8. The minimum Gasteiger partial charge on any atom is -0.462 e. The number of allylic oxidation sites excluding steroid dienone is 4. The fraction of sp³-hybridized carbons (Fsp3) is 0.865. The molecule has 6 nitrogen and oxygen atoms in total. The smallest absolute Gasteiger partial charge is 0.306 e. The first kappa shape index (κ1) is 55.9. The van der Waals surface area contributed by atoms with Gasteiger partial charge in [-0.2, -0.15) is 0 Å². The lowest BCUT2D eigenvalue weighted by Gasteiger charge is -2.18. The van der Waals surface area contributed by atoms with Crippen LogP contribution in [-0.4, -0.2) is 37.2 Å². The molecular formula is C52H96O6. The molecule has 0 aromatic carbocycles. The van der Waals surface area contributed by atoms with Gasteiger partial charge >= 0.3 is 17.9 Å². The summed E-state index contributed by atoms with van der Waals surface area (Å²) in [6, 6.07) is 0. The summed E-state index contributed by atoms with van der Waals surface area (Å²) < 4.78 is 16.7. The molecule has 0 spiro atoms. The average molecular weight is 817 g/mol. The van der Waals surface area contributed by atoms with Crippen LogP contribution in [0.1, 0.15) is 271 Å². The Labute approximate surface area is 360 Å². The van der Waals surface area contributed by atoms with E-state index >= 15 is 0 Å². The molecule has 0 aliphatic carbocycles. The first-order chi connectivity index (χ1) is 28.5. The van der Waals surface area contributed by atoms with E-state index in [1.165, 1.54) is 141 Å². The summed E-state index contributed by atoms with van der Waals surface area (Å²) in [5.41, 5.74) is 0. The van der Waals surface area contributed by atoms with E-state index in [2.05, 4.69) is 45.1 Å². The highest BCUT2D eigenvalue weighted by molar-refractivity contribution is 5.71. The molecule has 0 aliphatic heterocycles. The van der Waals surface area contributed by atoms with Gasteiger partial charge in [0.15, 0.2) is 6.10 Å². The lowest BCUT2D eigenvalue weighted by Crippen LogP contribution is -2.30. The summed E-state index contributed by atoms with van der Waals surface area (Å²) in [5.74, 6) is -0.898. The molecule has 0 bridgehead atoms. The molecule has 0 rings (SSSR count). The van der Waals surface area contributed by atoms with Gasteiger partial charge in [0.2, 0.25) is 0 Å². The van der Waals surface area contributed by atoms with E-state index in [0.717, 1.165) is 89.9 Å². The zero-order valence-electron chi connectivity index (χ0n) is 38.8. The Kier molecular flexibility index (Phi) is 45.8. The van der Waals surface area contributed by atoms with Crippen LogP contribution in [0.15, 0.2) is 24.3 Å². The molecule has 0 aromatic heterocycles. The quantitative estimate of drug-likeness (QED) is 0.0263. The van der Waals surface area contributed by atoms with Crippen LogP contribution in [0.25, 0.3) is 0 Å². The Morgan fingerprint density at radius 3 is 0.931 bits per heavy atom. The highest BCUT2D eigenvalue weighted by Crippen LogP contribution is 2.16. The van der Waals surface area contributed by atoms with Gasteiger partial charge in [-0.05, 0) is 64.2 Å². The number of unbranched alkanes of at least 4 members (excludes halogenated alkanes) is 31. The number of hydrogen-bond acceptors (Lipinski definition) is 6. The molecule has 0 aromatic rings. The maximum atomic E-state index is 12.7. The van der Waals surface area contributed by atoms with Gasteiger partial charge in [-0.25, -0.2) is 0 Å². The van der Waals surface area contributed by atoms with Crippen LogP contribution >= 0.6 is 0 Å². The van der Waals surface area contributed by atoms with Crippen LogP contribution in [-0.2, 0) is 28.6 Å². The molecule has 1 atom stereocenters. The highest BCUT2D eigenvalue weighted by Gasteiger charge is 2.19. The van der Waals surface area contributed by atoms with Crippen molar-refractivity contribution in [1.29, 1.82) is 0 Å². The van der Waals surface area contributed by atoms with Crippen molar-refractivity contribution in [3.63, 3.8) is 0 Å². The maximum absolute atomic E-state index is 12.7. The number of hydrogen-bond donors (Lipinski definition) is 0. The molecule has 0 heterocycles. The van der Waals surface area contributed by atoms with Gasteiger partial charge in [-0.1, -0.05) is 212 Å². The van der Waals surface area contributed by atoms with Crippen LogP contribution in [0.4, 0.5) is 0 Å². The zero-order chi connectivity index (χ0) is 42.3. The van der Waals surface area contributed by atoms with Gasteiger partial charge in [0.1, 0.15) is 13.2 Å². The van der Waals surface area contributed by atoms with Crippen molar-refractivity contribution in [3.05, 3.63) is 24.3 Å². The highest BCUT2D eigenvalue weighted by atomic mass is 16.6. The van der Waals surface area contributed by atoms with Crippen molar-refractivity contribution in [2.75, 3.05) is 13.2 Å². The summed E-state index contributed by atoms with van der Waals surface area (Å²) >= 11 is 0. The molecule has 1 unspecified atom stereocenters. The van der Waals surface area contributed by atoms with E-state index in [4.69, 9.17) is 14.2 Å². The summed E-state index contributed by atoms with van der Waals surface area (Å²) in [6.45, 7) is 6.59. The molecule has 6 heteroatoms. The van der Waals surface area contributed by atoms with Gasteiger partial charge in [-0.3, -0.25) is 14.4 Å². The van der Waals surface area contributed by atoms with E-state index in [-0.39, 0.29) is 31.1 Å². The molecule has 0 fully saturated rings. The van der Waals surface area contributed by atoms with Crippen molar-refractivity contribution < 1.29 is 28.6 Å². The van der Waals surface area contributed by atoms with Gasteiger partial charge in [-0.15, -0.1) is 0 Å². The van der Waals surface area contributed by atoms with Crippen molar-refractivity contribution in [1.82, 2.24) is 0 Å². The first-order valence-corrected chi connectivity index (χ1v) is 25.3. The Hall–Kier alpha value is -2.11. The lowest BCUT2D eigenvalue weighted by molar-refractivity contribution is -0.167. The van der Waals surface area contributed by atoms with Crippen LogP contribution in [0, 0.1) is 0 Å². The fourth-order valence-electron chi connectivity index (χ4n) is 7.30. The van der Waals surface area contributed by atoms with E-state index in [9.17, 15) is 14.4 Å². The third kappa shape index (κ3) is 45.0. The van der Waals surface area contributed by atoms with Gasteiger partial charge < -0.3 is 14.2 Å². The summed E-state index contributed by atoms with van der Waals surface area (Å²) in [5, 5.41) is 0. The third-order valence-electron chi connectivity index (χ3n) is 11.2. The molecule has 0 saturated heterocycles. The molecule has 340 valence electrons. The standard InChI is InChI=1S/C52H96O6/c1-4-7-10-13-16-19-22-24-25-26-27-29-30-33-36-39-42-45-51(54)57-48-49(47-56-50(53)44-41-38-35-32-21-18-15-12-9-6-3)58-52(55)46-43-40-37-34-31-28-23-20-17-14-11-8-5-2/h15,18,28,31,49H,4-14,16-17,19-27,29-30,32-48H2,1-3H3/b18-15-,31-28-. The van der Waals surface area contributed by atoms with Gasteiger partial charge in [0.05, 0.1) is 0 Å². The minimum absolute atomic E-state index is 0.0774. The lowest BCUT2D eigenvalue weighted by atomic mass is 10.0. The van der Waals surface area contributed by atoms with Crippen molar-refractivity contribution in [2.45, 2.75) is 277 Å². The summed E-state index contributed by atoms with van der Waals surface area (Å²) in [6.07, 6.45) is 53.1.